The molecule has 5 aromatic rings. The van der Waals surface area contributed by atoms with Crippen molar-refractivity contribution in [1.82, 2.24) is 14.9 Å². The number of aliphatic carboxylic acids is 1. The fraction of sp³-hybridized carbons (Fsp3) is 0.229. The molecule has 0 atom stereocenters. The lowest BCUT2D eigenvalue weighted by Crippen LogP contribution is -2.43. The predicted octanol–water partition coefficient (Wildman–Crippen LogP) is 7.56. The molecule has 2 aliphatic heterocycles. The van der Waals surface area contributed by atoms with E-state index in [4.69, 9.17) is 19.9 Å². The third-order valence-electron chi connectivity index (χ3n) is 8.42. The van der Waals surface area contributed by atoms with E-state index in [2.05, 4.69) is 83.0 Å². The van der Waals surface area contributed by atoms with Crippen LogP contribution in [-0.2, 0) is 16.8 Å². The highest BCUT2D eigenvalue weighted by Crippen LogP contribution is 2.44. The summed E-state index contributed by atoms with van der Waals surface area (Å²) in [6.07, 6.45) is -2.66. The quantitative estimate of drug-likeness (QED) is 0.223. The van der Waals surface area contributed by atoms with E-state index in [9.17, 15) is 13.2 Å². The minimum Gasteiger partial charge on any atom is -0.475 e. The molecule has 0 saturated carbocycles. The van der Waals surface area contributed by atoms with Gasteiger partial charge in [0.25, 0.3) is 0 Å². The number of alkyl halides is 3. The molecule has 6 nitrogen and oxygen atoms in total. The zero-order valence-corrected chi connectivity index (χ0v) is 23.9. The molecule has 0 unspecified atom stereocenters. The first-order valence-corrected chi connectivity index (χ1v) is 14.5. The highest BCUT2D eigenvalue weighted by atomic mass is 19.4. The molecule has 0 amide bonds. The number of carbonyl (C=O) groups is 1. The molecule has 44 heavy (non-hydrogen) atoms. The Morgan fingerprint density at radius 1 is 0.773 bits per heavy atom. The first kappa shape index (κ1) is 29.3. The van der Waals surface area contributed by atoms with E-state index in [1.165, 1.54) is 29.7 Å². The minimum atomic E-state index is -5.08. The van der Waals surface area contributed by atoms with Crippen LogP contribution in [0.3, 0.4) is 0 Å². The van der Waals surface area contributed by atoms with E-state index in [-0.39, 0.29) is 0 Å². The van der Waals surface area contributed by atoms with Gasteiger partial charge in [-0.05, 0) is 55.3 Å². The van der Waals surface area contributed by atoms with E-state index in [1.54, 1.807) is 0 Å². The summed E-state index contributed by atoms with van der Waals surface area (Å²) in [6.45, 7) is 4.32. The monoisotopic (exact) mass is 596 g/mol. The second kappa shape index (κ2) is 12.1. The van der Waals surface area contributed by atoms with Gasteiger partial charge in [0.05, 0.1) is 22.4 Å². The van der Waals surface area contributed by atoms with Gasteiger partial charge in [0, 0.05) is 35.3 Å². The molecule has 224 valence electrons. The number of anilines is 1. The Bertz CT molecular complexity index is 1770. The first-order chi connectivity index (χ1) is 21.2. The second-order valence-electron chi connectivity index (χ2n) is 11.2. The van der Waals surface area contributed by atoms with Crippen molar-refractivity contribution >= 4 is 22.7 Å². The molecular formula is C35H31F3N4O2. The molecule has 1 spiro atoms. The number of likely N-dealkylation sites (tertiary alicyclic amines) is 1. The Morgan fingerprint density at radius 2 is 1.30 bits per heavy atom. The number of piperidine rings is 1. The molecule has 0 aliphatic carbocycles. The van der Waals surface area contributed by atoms with Crippen molar-refractivity contribution in [2.75, 3.05) is 25.0 Å². The number of carboxylic acids is 1. The molecule has 1 saturated heterocycles. The van der Waals surface area contributed by atoms with Crippen LogP contribution in [0.15, 0.2) is 103 Å². The third-order valence-corrected chi connectivity index (χ3v) is 8.42. The Morgan fingerprint density at radius 3 is 1.89 bits per heavy atom. The summed E-state index contributed by atoms with van der Waals surface area (Å²) in [6, 6.07) is 36.3. The number of carboxylic acid groups (broad SMARTS) is 1. The van der Waals surface area contributed by atoms with Crippen LogP contribution in [0.4, 0.5) is 18.9 Å². The van der Waals surface area contributed by atoms with Crippen molar-refractivity contribution in [3.05, 3.63) is 114 Å². The molecule has 0 radical (unpaired) electrons. The number of nitrogens with zero attached hydrogens (tertiary/aromatic N) is 3. The maximum absolute atomic E-state index is 10.6. The molecule has 9 heteroatoms. The Kier molecular flexibility index (Phi) is 8.05. The molecule has 4 aromatic carbocycles. The maximum Gasteiger partial charge on any atom is 0.490 e. The lowest BCUT2D eigenvalue weighted by atomic mass is 9.74. The van der Waals surface area contributed by atoms with Crippen LogP contribution in [0, 0.1) is 0 Å². The highest BCUT2D eigenvalue weighted by Gasteiger charge is 2.41. The number of fused-ring (bicyclic) bond motifs is 3. The van der Waals surface area contributed by atoms with Gasteiger partial charge in [-0.1, -0.05) is 84.9 Å². The van der Waals surface area contributed by atoms with Crippen molar-refractivity contribution in [3.8, 4) is 22.5 Å². The second-order valence-corrected chi connectivity index (χ2v) is 11.2. The summed E-state index contributed by atoms with van der Waals surface area (Å²) in [5.74, 6) is -2.76. The molecule has 7 rings (SSSR count). The summed E-state index contributed by atoms with van der Waals surface area (Å²) in [4.78, 5) is 21.6. The summed E-state index contributed by atoms with van der Waals surface area (Å²) < 4.78 is 31.7. The van der Waals surface area contributed by atoms with Crippen molar-refractivity contribution in [2.45, 2.75) is 31.0 Å². The summed E-state index contributed by atoms with van der Waals surface area (Å²) in [5, 5.41) is 10.8. The first-order valence-electron chi connectivity index (χ1n) is 14.5. The molecule has 2 aliphatic rings. The van der Waals surface area contributed by atoms with Gasteiger partial charge in [0.2, 0.25) is 0 Å². The molecule has 3 heterocycles. The molecule has 1 fully saturated rings. The number of hydrogen-bond acceptors (Lipinski definition) is 5. The number of nitrogens with one attached hydrogen (secondary N) is 1. The smallest absolute Gasteiger partial charge is 0.475 e. The Balaban J connectivity index is 0.000000441. The Hall–Kier alpha value is -4.76. The third kappa shape index (κ3) is 6.14. The topological polar surface area (TPSA) is 78.3 Å². The lowest BCUT2D eigenvalue weighted by Gasteiger charge is -2.39. The zero-order chi connectivity index (χ0) is 30.7. The van der Waals surface area contributed by atoms with Crippen molar-refractivity contribution < 1.29 is 23.1 Å². The normalized spacial score (nSPS) is 15.7. The van der Waals surface area contributed by atoms with Crippen LogP contribution < -0.4 is 5.32 Å². The Labute approximate surface area is 253 Å². The van der Waals surface area contributed by atoms with Gasteiger partial charge in [-0.3, -0.25) is 4.90 Å². The van der Waals surface area contributed by atoms with E-state index in [0.29, 0.717) is 5.41 Å². The number of rotatable bonds is 4. The maximum atomic E-state index is 10.6. The van der Waals surface area contributed by atoms with Crippen LogP contribution >= 0.6 is 0 Å². The van der Waals surface area contributed by atoms with Gasteiger partial charge in [-0.2, -0.15) is 13.2 Å². The molecule has 0 bridgehead atoms. The fourth-order valence-corrected chi connectivity index (χ4v) is 6.07. The highest BCUT2D eigenvalue weighted by molar-refractivity contribution is 5.86. The van der Waals surface area contributed by atoms with Crippen molar-refractivity contribution in [1.29, 1.82) is 0 Å². The van der Waals surface area contributed by atoms with Crippen molar-refractivity contribution in [2.24, 2.45) is 0 Å². The van der Waals surface area contributed by atoms with Crippen LogP contribution in [0.5, 0.6) is 0 Å². The van der Waals surface area contributed by atoms with E-state index in [0.717, 1.165) is 59.7 Å². The summed E-state index contributed by atoms with van der Waals surface area (Å²) in [5.41, 5.74) is 10.4. The number of halogens is 3. The fourth-order valence-electron chi connectivity index (χ4n) is 6.07. The van der Waals surface area contributed by atoms with Crippen LogP contribution in [0.25, 0.3) is 33.5 Å². The number of aromatic nitrogens is 2. The summed E-state index contributed by atoms with van der Waals surface area (Å²) in [7, 11) is 0. The average Bonchev–Trinajstić information content (AvgIpc) is 3.40. The van der Waals surface area contributed by atoms with Crippen molar-refractivity contribution in [3.63, 3.8) is 0 Å². The molecule has 2 N–H and O–H groups in total. The molecular weight excluding hydrogens is 565 g/mol. The van der Waals surface area contributed by atoms with Crippen LogP contribution in [0.2, 0.25) is 0 Å². The standard InChI is InChI=1S/C33H30N4.C2HF3O2/c1-2-8-25(9-3-1)31-32(36-30-13-7-6-12-29(30)35-31)26-16-14-24(15-17-26)22-37-20-18-33(19-21-37)23-34-28-11-5-4-10-27(28)33;3-2(4,5)1(6)7/h1-17,34H,18-23H2;(H,6,7). The van der Waals surface area contributed by atoms with E-state index < -0.39 is 12.1 Å². The van der Waals surface area contributed by atoms with Gasteiger partial charge in [-0.25, -0.2) is 14.8 Å². The SMILES string of the molecule is O=C(O)C(F)(F)F.c1ccc(-c2nc3ccccc3nc2-c2ccc(CN3CCC4(CC3)CNc3ccccc34)cc2)cc1. The zero-order valence-electron chi connectivity index (χ0n) is 23.9. The number of para-hydroxylation sites is 3. The molecule has 1 aromatic heterocycles. The van der Waals surface area contributed by atoms with Gasteiger partial charge < -0.3 is 10.4 Å². The minimum absolute atomic E-state index is 0.305. The summed E-state index contributed by atoms with van der Waals surface area (Å²) >= 11 is 0. The lowest BCUT2D eigenvalue weighted by molar-refractivity contribution is -0.192. The predicted molar refractivity (Wildman–Crippen MR) is 165 cm³/mol. The largest absolute Gasteiger partial charge is 0.490 e. The van der Waals surface area contributed by atoms with Gasteiger partial charge in [0.15, 0.2) is 0 Å². The van der Waals surface area contributed by atoms with E-state index >= 15 is 0 Å². The van der Waals surface area contributed by atoms with E-state index in [1.807, 2.05) is 30.3 Å². The average molecular weight is 597 g/mol. The van der Waals surface area contributed by atoms with Gasteiger partial charge >= 0.3 is 12.1 Å². The van der Waals surface area contributed by atoms with Gasteiger partial charge in [0.1, 0.15) is 0 Å². The van der Waals surface area contributed by atoms with Gasteiger partial charge in [-0.15, -0.1) is 0 Å². The number of benzene rings is 4. The van der Waals surface area contributed by atoms with Crippen LogP contribution in [0.1, 0.15) is 24.0 Å². The number of hydrogen-bond donors (Lipinski definition) is 2. The van der Waals surface area contributed by atoms with Crippen LogP contribution in [-0.4, -0.2) is 51.8 Å².